The van der Waals surface area contributed by atoms with E-state index in [0.29, 0.717) is 61.5 Å². The zero-order valence-electron chi connectivity index (χ0n) is 20.7. The van der Waals surface area contributed by atoms with Crippen molar-refractivity contribution in [2.24, 2.45) is 5.92 Å². The highest BCUT2D eigenvalue weighted by Crippen LogP contribution is 2.46. The van der Waals surface area contributed by atoms with Crippen molar-refractivity contribution in [3.05, 3.63) is 41.7 Å². The van der Waals surface area contributed by atoms with Gasteiger partial charge in [0.05, 0.1) is 25.4 Å². The Kier molecular flexibility index (Phi) is 8.52. The number of rotatable bonds is 7. The number of likely N-dealkylation sites (tertiary alicyclic amines) is 1. The molecule has 0 unspecified atom stereocenters. The Morgan fingerprint density at radius 1 is 1.11 bits per heavy atom. The molecule has 12 heteroatoms. The Morgan fingerprint density at radius 3 is 2.39 bits per heavy atom. The van der Waals surface area contributed by atoms with Gasteiger partial charge in [-0.1, -0.05) is 26.0 Å². The highest BCUT2D eigenvalue weighted by molar-refractivity contribution is 8.16. The van der Waals surface area contributed by atoms with E-state index in [1.807, 2.05) is 32.9 Å². The Bertz CT molecular complexity index is 1020. The third kappa shape index (κ3) is 6.98. The van der Waals surface area contributed by atoms with E-state index in [2.05, 4.69) is 9.97 Å². The van der Waals surface area contributed by atoms with Crippen molar-refractivity contribution in [2.45, 2.75) is 45.6 Å². The third-order valence-corrected chi connectivity index (χ3v) is 6.81. The molecule has 0 bridgehead atoms. The average Bonchev–Trinajstić information content (AvgIpc) is 2.86. The van der Waals surface area contributed by atoms with Crippen LogP contribution in [-0.2, 0) is 13.1 Å². The molecule has 36 heavy (non-hydrogen) atoms. The highest BCUT2D eigenvalue weighted by Gasteiger charge is 2.30. The van der Waals surface area contributed by atoms with E-state index in [9.17, 15) is 13.9 Å². The summed E-state index contributed by atoms with van der Waals surface area (Å²) in [5, 5.41) is 0. The van der Waals surface area contributed by atoms with Crippen LogP contribution in [0.15, 0.2) is 30.6 Å². The second kappa shape index (κ2) is 11.6. The summed E-state index contributed by atoms with van der Waals surface area (Å²) in [5.41, 5.74) is 1.61. The number of carbonyl (C=O) groups excluding carboxylic acids is 1. The minimum atomic E-state index is -3.38. The first-order valence-corrected chi connectivity index (χ1v) is 13.3. The smallest absolute Gasteiger partial charge is 0.409 e. The molecule has 198 valence electrons. The number of ether oxygens (including phenoxy) is 3. The lowest BCUT2D eigenvalue weighted by Crippen LogP contribution is -2.42. The van der Waals surface area contributed by atoms with Gasteiger partial charge in [-0.3, -0.25) is 17.5 Å². The Hall–Kier alpha value is -2.64. The molecule has 1 aromatic heterocycles. The second-order valence-electron chi connectivity index (χ2n) is 9.27. The van der Waals surface area contributed by atoms with Crippen molar-refractivity contribution in [1.82, 2.24) is 14.9 Å². The monoisotopic (exact) mass is 523 g/mol. The van der Waals surface area contributed by atoms with Crippen molar-refractivity contribution in [3.63, 3.8) is 0 Å². The van der Waals surface area contributed by atoms with E-state index in [1.165, 1.54) is 6.33 Å². The summed E-state index contributed by atoms with van der Waals surface area (Å²) in [6.07, 6.45) is 2.42. The van der Waals surface area contributed by atoms with Gasteiger partial charge in [-0.25, -0.2) is 14.8 Å². The molecular formula is C24H33N3O8S. The van der Waals surface area contributed by atoms with Crippen molar-refractivity contribution in [1.29, 1.82) is 0 Å². The molecule has 0 radical (unpaired) electrons. The predicted octanol–water partition coefficient (Wildman–Crippen LogP) is 4.92. The number of amides is 1. The first-order valence-electron chi connectivity index (χ1n) is 11.9. The summed E-state index contributed by atoms with van der Waals surface area (Å²) >= 11 is -3.38. The maximum atomic E-state index is 12.2. The first-order chi connectivity index (χ1) is 17.2. The van der Waals surface area contributed by atoms with Crippen LogP contribution in [0.3, 0.4) is 0 Å². The number of nitrogens with zero attached hydrogens (tertiary/aromatic N) is 3. The van der Waals surface area contributed by atoms with Gasteiger partial charge in [-0.05, 0) is 30.5 Å². The topological polar surface area (TPSA) is 133 Å². The van der Waals surface area contributed by atoms with E-state index >= 15 is 0 Å². The van der Waals surface area contributed by atoms with Crippen LogP contribution in [0, 0.1) is 12.8 Å². The number of benzene rings is 1. The van der Waals surface area contributed by atoms with E-state index in [0.717, 1.165) is 5.56 Å². The minimum absolute atomic E-state index is 0.0711. The van der Waals surface area contributed by atoms with Crippen molar-refractivity contribution in [3.8, 4) is 17.5 Å². The van der Waals surface area contributed by atoms with Gasteiger partial charge in [0.25, 0.3) is 0 Å². The quantitative estimate of drug-likeness (QED) is 0.515. The molecule has 1 amide bonds. The fraction of sp³-hybridized carbons (Fsp3) is 0.542. The molecule has 3 heterocycles. The largest absolute Gasteiger partial charge is 0.474 e. The molecule has 2 aliphatic rings. The molecule has 0 spiro atoms. The van der Waals surface area contributed by atoms with Gasteiger partial charge >= 0.3 is 6.09 Å². The molecule has 2 N–H and O–H groups in total. The zero-order chi connectivity index (χ0) is 25.7. The van der Waals surface area contributed by atoms with Gasteiger partial charge in [-0.15, -0.1) is 0 Å². The lowest BCUT2D eigenvalue weighted by Gasteiger charge is -2.33. The first kappa shape index (κ1) is 26.4. The average molecular weight is 524 g/mol. The van der Waals surface area contributed by atoms with Crippen LogP contribution in [-0.4, -0.2) is 69.1 Å². The molecular weight excluding hydrogens is 490 g/mol. The number of aromatic nitrogens is 2. The summed E-state index contributed by atoms with van der Waals surface area (Å²) in [6, 6.07) is 7.35. The lowest BCUT2D eigenvalue weighted by molar-refractivity contribution is 0.0602. The molecule has 0 aliphatic carbocycles. The van der Waals surface area contributed by atoms with E-state index in [-0.39, 0.29) is 31.3 Å². The van der Waals surface area contributed by atoms with Crippen LogP contribution in [0.5, 0.6) is 17.5 Å². The number of piperidine rings is 1. The van der Waals surface area contributed by atoms with Crippen molar-refractivity contribution >= 4 is 17.2 Å². The van der Waals surface area contributed by atoms with Crippen LogP contribution in [0.4, 0.5) is 4.79 Å². The van der Waals surface area contributed by atoms with Gasteiger partial charge in [0.15, 0.2) is 0 Å². The van der Waals surface area contributed by atoms with Crippen LogP contribution >= 0.6 is 11.2 Å². The molecule has 2 aliphatic heterocycles. The van der Waals surface area contributed by atoms with Crippen LogP contribution in [0.2, 0.25) is 0 Å². The maximum absolute atomic E-state index is 12.2. The third-order valence-electron chi connectivity index (χ3n) is 5.92. The van der Waals surface area contributed by atoms with E-state index in [4.69, 9.17) is 22.6 Å². The van der Waals surface area contributed by atoms with Gasteiger partial charge in [0.2, 0.25) is 22.9 Å². The normalized spacial score (nSPS) is 19.7. The molecule has 4 rings (SSSR count). The van der Waals surface area contributed by atoms with Gasteiger partial charge < -0.3 is 19.1 Å². The number of hydrogen-bond acceptors (Lipinski definition) is 10. The molecule has 2 saturated heterocycles. The Labute approximate surface area is 212 Å². The van der Waals surface area contributed by atoms with Crippen LogP contribution in [0.1, 0.15) is 43.7 Å². The van der Waals surface area contributed by atoms with Crippen LogP contribution in [0.25, 0.3) is 0 Å². The molecule has 0 saturated carbocycles. The maximum Gasteiger partial charge on any atom is 0.409 e. The van der Waals surface area contributed by atoms with Gasteiger partial charge in [0, 0.05) is 31.8 Å². The summed E-state index contributed by atoms with van der Waals surface area (Å²) in [5.74, 6) is 1.62. The fourth-order valence-electron chi connectivity index (χ4n) is 3.82. The number of hydrogen-bond donors (Lipinski definition) is 2. The minimum Gasteiger partial charge on any atom is -0.474 e. The van der Waals surface area contributed by atoms with E-state index < -0.39 is 11.2 Å². The zero-order valence-corrected chi connectivity index (χ0v) is 21.5. The molecule has 2 fully saturated rings. The SMILES string of the molecule is Cc1c(Oc2ccc(C3COS(O)(O)OC3)cc2)ncnc1OC1CCN(C(=O)OCC(C)C)CC1. The molecule has 0 atom stereocenters. The van der Waals surface area contributed by atoms with Gasteiger partial charge in [-0.2, -0.15) is 0 Å². The molecule has 1 aromatic carbocycles. The fourth-order valence-corrected chi connectivity index (χ4v) is 4.57. The van der Waals surface area contributed by atoms with Crippen molar-refractivity contribution < 1.29 is 36.5 Å². The van der Waals surface area contributed by atoms with Gasteiger partial charge in [0.1, 0.15) is 18.2 Å². The summed E-state index contributed by atoms with van der Waals surface area (Å²) < 4.78 is 46.2. The summed E-state index contributed by atoms with van der Waals surface area (Å²) in [6.45, 7) is 7.72. The highest BCUT2D eigenvalue weighted by atomic mass is 32.3. The van der Waals surface area contributed by atoms with Crippen molar-refractivity contribution in [2.75, 3.05) is 32.9 Å². The van der Waals surface area contributed by atoms with Crippen LogP contribution < -0.4 is 9.47 Å². The Morgan fingerprint density at radius 2 is 1.75 bits per heavy atom. The molecule has 2 aromatic rings. The Balaban J connectivity index is 1.31. The summed E-state index contributed by atoms with van der Waals surface area (Å²) in [4.78, 5) is 22.4. The summed E-state index contributed by atoms with van der Waals surface area (Å²) in [7, 11) is 0. The van der Waals surface area contributed by atoms with E-state index in [1.54, 1.807) is 17.0 Å². The standard InChI is InChI=1S/C24H33N3O8S/c1-16(2)12-31-24(28)27-10-8-21(9-11-27)35-23-17(3)22(25-15-26-23)34-20-6-4-18(5-7-20)19-13-32-36(29,30)33-14-19/h4-7,15-16,19,21,29-30H,8-14H2,1-3H3. The lowest BCUT2D eigenvalue weighted by atomic mass is 10.0. The molecule has 11 nitrogen and oxygen atoms in total. The predicted molar refractivity (Wildman–Crippen MR) is 132 cm³/mol. The number of carbonyl (C=O) groups is 1. The second-order valence-corrected chi connectivity index (χ2v) is 10.6.